The second kappa shape index (κ2) is 2.97. The summed E-state index contributed by atoms with van der Waals surface area (Å²) in [5.74, 6) is 0.582. The maximum atomic E-state index is 5.74. The Morgan fingerprint density at radius 2 is 2.29 bits per heavy atom. The van der Waals surface area contributed by atoms with Crippen molar-refractivity contribution in [1.82, 2.24) is 9.88 Å². The van der Waals surface area contributed by atoms with Crippen LogP contribution in [0, 0.1) is 0 Å². The minimum absolute atomic E-state index is 0.189. The molecule has 4 heteroatoms. The molecule has 14 heavy (non-hydrogen) atoms. The first kappa shape index (κ1) is 8.99. The molecule has 74 valence electrons. The van der Waals surface area contributed by atoms with E-state index in [1.54, 1.807) is 6.20 Å². The summed E-state index contributed by atoms with van der Waals surface area (Å²) in [5.41, 5.74) is 6.56. The molecule has 1 aromatic heterocycles. The van der Waals surface area contributed by atoms with E-state index in [-0.39, 0.29) is 5.54 Å². The summed E-state index contributed by atoms with van der Waals surface area (Å²) in [7, 11) is 1.94. The van der Waals surface area contributed by atoms with E-state index in [1.807, 2.05) is 30.1 Å². The number of aromatic nitrogens is 1. The Balaban J connectivity index is 2.36. The van der Waals surface area contributed by atoms with Crippen LogP contribution in [-0.4, -0.2) is 29.4 Å². The SMILES string of the molecule is CN1C(N)=NCC1(C)c1ccccn1. The minimum Gasteiger partial charge on any atom is -0.370 e. The first-order valence-electron chi connectivity index (χ1n) is 4.60. The van der Waals surface area contributed by atoms with Crippen LogP contribution in [-0.2, 0) is 5.54 Å². The van der Waals surface area contributed by atoms with E-state index in [4.69, 9.17) is 5.73 Å². The van der Waals surface area contributed by atoms with E-state index in [9.17, 15) is 0 Å². The summed E-state index contributed by atoms with van der Waals surface area (Å²) in [4.78, 5) is 10.5. The van der Waals surface area contributed by atoms with Gasteiger partial charge in [-0.2, -0.15) is 0 Å². The highest BCUT2D eigenvalue weighted by Gasteiger charge is 2.37. The largest absolute Gasteiger partial charge is 0.370 e. The van der Waals surface area contributed by atoms with Crippen LogP contribution in [0.25, 0.3) is 0 Å². The molecule has 0 aromatic carbocycles. The van der Waals surface area contributed by atoms with Crippen molar-refractivity contribution in [3.8, 4) is 0 Å². The number of nitrogens with zero attached hydrogens (tertiary/aromatic N) is 3. The van der Waals surface area contributed by atoms with Crippen molar-refractivity contribution in [1.29, 1.82) is 0 Å². The normalized spacial score (nSPS) is 26.4. The lowest BCUT2D eigenvalue weighted by atomic mass is 9.97. The third-order valence-corrected chi connectivity index (χ3v) is 2.85. The molecule has 1 aliphatic heterocycles. The second-order valence-corrected chi connectivity index (χ2v) is 3.72. The van der Waals surface area contributed by atoms with E-state index in [2.05, 4.69) is 16.9 Å². The van der Waals surface area contributed by atoms with E-state index in [0.717, 1.165) is 5.69 Å². The van der Waals surface area contributed by atoms with Gasteiger partial charge in [0.15, 0.2) is 5.96 Å². The molecule has 2 heterocycles. The molecule has 4 nitrogen and oxygen atoms in total. The molecule has 1 unspecified atom stereocenters. The summed E-state index contributed by atoms with van der Waals surface area (Å²) in [6.45, 7) is 2.77. The summed E-state index contributed by atoms with van der Waals surface area (Å²) in [5, 5.41) is 0. The molecular formula is C10H14N4. The van der Waals surface area contributed by atoms with Gasteiger partial charge in [0.25, 0.3) is 0 Å². The fraction of sp³-hybridized carbons (Fsp3) is 0.400. The second-order valence-electron chi connectivity index (χ2n) is 3.72. The topological polar surface area (TPSA) is 54.5 Å². The molecular weight excluding hydrogens is 176 g/mol. The van der Waals surface area contributed by atoms with Gasteiger partial charge in [0, 0.05) is 13.2 Å². The molecule has 0 fully saturated rings. The molecule has 0 aliphatic carbocycles. The predicted octanol–water partition coefficient (Wildman–Crippen LogP) is 0.557. The number of rotatable bonds is 1. The van der Waals surface area contributed by atoms with Crippen molar-refractivity contribution < 1.29 is 0 Å². The number of aliphatic imine (C=N–C) groups is 1. The molecule has 1 aliphatic rings. The molecule has 2 N–H and O–H groups in total. The van der Waals surface area contributed by atoms with Gasteiger partial charge in [0.2, 0.25) is 0 Å². The Labute approximate surface area is 83.5 Å². The monoisotopic (exact) mass is 190 g/mol. The smallest absolute Gasteiger partial charge is 0.191 e. The third-order valence-electron chi connectivity index (χ3n) is 2.85. The lowest BCUT2D eigenvalue weighted by molar-refractivity contribution is 0.260. The lowest BCUT2D eigenvalue weighted by Crippen LogP contribution is -2.45. The zero-order valence-electron chi connectivity index (χ0n) is 8.44. The lowest BCUT2D eigenvalue weighted by Gasteiger charge is -2.32. The number of likely N-dealkylation sites (N-methyl/N-ethyl adjacent to an activating group) is 1. The number of hydrogen-bond acceptors (Lipinski definition) is 4. The Morgan fingerprint density at radius 1 is 1.50 bits per heavy atom. The van der Waals surface area contributed by atoms with Crippen LogP contribution in [0.3, 0.4) is 0 Å². The molecule has 0 saturated carbocycles. The molecule has 0 saturated heterocycles. The van der Waals surface area contributed by atoms with Crippen molar-refractivity contribution in [2.24, 2.45) is 10.7 Å². The van der Waals surface area contributed by atoms with Gasteiger partial charge < -0.3 is 10.6 Å². The summed E-state index contributed by atoms with van der Waals surface area (Å²) in [6.07, 6.45) is 1.79. The van der Waals surface area contributed by atoms with Crippen LogP contribution in [0.1, 0.15) is 12.6 Å². The van der Waals surface area contributed by atoms with Crippen molar-refractivity contribution in [2.75, 3.05) is 13.6 Å². The number of nitrogens with two attached hydrogens (primary N) is 1. The zero-order chi connectivity index (χ0) is 10.2. The van der Waals surface area contributed by atoms with Gasteiger partial charge in [-0.15, -0.1) is 0 Å². The van der Waals surface area contributed by atoms with Crippen molar-refractivity contribution in [2.45, 2.75) is 12.5 Å². The van der Waals surface area contributed by atoms with Gasteiger partial charge in [-0.1, -0.05) is 6.07 Å². The molecule has 1 aromatic rings. The average molecular weight is 190 g/mol. The molecule has 0 amide bonds. The van der Waals surface area contributed by atoms with E-state index in [1.165, 1.54) is 0 Å². The molecule has 0 radical (unpaired) electrons. The average Bonchev–Trinajstić information content (AvgIpc) is 2.49. The molecule has 0 spiro atoms. The highest BCUT2D eigenvalue weighted by atomic mass is 15.3. The quantitative estimate of drug-likeness (QED) is 0.704. The van der Waals surface area contributed by atoms with Gasteiger partial charge >= 0.3 is 0 Å². The van der Waals surface area contributed by atoms with Crippen LogP contribution in [0.5, 0.6) is 0 Å². The zero-order valence-corrected chi connectivity index (χ0v) is 8.44. The Bertz CT molecular complexity index is 360. The maximum absolute atomic E-state index is 5.74. The maximum Gasteiger partial charge on any atom is 0.191 e. The molecule has 1 atom stereocenters. The van der Waals surface area contributed by atoms with Crippen molar-refractivity contribution >= 4 is 5.96 Å². The first-order chi connectivity index (χ1) is 6.64. The Hall–Kier alpha value is -1.58. The van der Waals surface area contributed by atoms with Gasteiger partial charge in [0.05, 0.1) is 12.2 Å². The number of pyridine rings is 1. The fourth-order valence-electron chi connectivity index (χ4n) is 1.63. The molecule has 2 rings (SSSR count). The predicted molar refractivity (Wildman–Crippen MR) is 55.8 cm³/mol. The number of guanidine groups is 1. The minimum atomic E-state index is -0.189. The number of hydrogen-bond donors (Lipinski definition) is 1. The Kier molecular flexibility index (Phi) is 1.91. The fourth-order valence-corrected chi connectivity index (χ4v) is 1.63. The summed E-state index contributed by atoms with van der Waals surface area (Å²) in [6, 6.07) is 5.90. The van der Waals surface area contributed by atoms with Crippen LogP contribution in [0.2, 0.25) is 0 Å². The van der Waals surface area contributed by atoms with Gasteiger partial charge in [-0.05, 0) is 19.1 Å². The summed E-state index contributed by atoms with van der Waals surface area (Å²) < 4.78 is 0. The highest BCUT2D eigenvalue weighted by molar-refractivity contribution is 5.80. The van der Waals surface area contributed by atoms with Crippen LogP contribution < -0.4 is 5.73 Å². The molecule has 0 bridgehead atoms. The standard InChI is InChI=1S/C10H14N4/c1-10(7-13-9(11)14(10)2)8-5-3-4-6-12-8/h3-6H,7H2,1-2H3,(H2,11,13). The van der Waals surface area contributed by atoms with E-state index >= 15 is 0 Å². The third kappa shape index (κ3) is 1.14. The van der Waals surface area contributed by atoms with Crippen molar-refractivity contribution in [3.05, 3.63) is 30.1 Å². The van der Waals surface area contributed by atoms with Gasteiger partial charge in [0.1, 0.15) is 5.54 Å². The van der Waals surface area contributed by atoms with Crippen LogP contribution in [0.15, 0.2) is 29.4 Å². The highest BCUT2D eigenvalue weighted by Crippen LogP contribution is 2.29. The summed E-state index contributed by atoms with van der Waals surface area (Å²) >= 11 is 0. The first-order valence-corrected chi connectivity index (χ1v) is 4.60. The van der Waals surface area contributed by atoms with E-state index < -0.39 is 0 Å². The Morgan fingerprint density at radius 3 is 2.79 bits per heavy atom. The van der Waals surface area contributed by atoms with Gasteiger partial charge in [-0.25, -0.2) is 0 Å². The van der Waals surface area contributed by atoms with Crippen LogP contribution >= 0.6 is 0 Å². The van der Waals surface area contributed by atoms with Crippen molar-refractivity contribution in [3.63, 3.8) is 0 Å². The van der Waals surface area contributed by atoms with Crippen LogP contribution in [0.4, 0.5) is 0 Å². The van der Waals surface area contributed by atoms with Gasteiger partial charge in [-0.3, -0.25) is 9.98 Å². The van der Waals surface area contributed by atoms with E-state index in [0.29, 0.717) is 12.5 Å².